The van der Waals surface area contributed by atoms with Gasteiger partial charge in [-0.3, -0.25) is 4.79 Å². The molecule has 0 atom stereocenters. The van der Waals surface area contributed by atoms with Crippen LogP contribution >= 0.6 is 0 Å². The van der Waals surface area contributed by atoms with Gasteiger partial charge in [-0.2, -0.15) is 0 Å². The van der Waals surface area contributed by atoms with Crippen molar-refractivity contribution in [1.29, 1.82) is 0 Å². The first kappa shape index (κ1) is 16.6. The number of carbonyl (C=O) groups is 1. The molecule has 2 N–H and O–H groups in total. The highest BCUT2D eigenvalue weighted by Gasteiger charge is 2.10. The van der Waals surface area contributed by atoms with Crippen LogP contribution < -0.4 is 5.73 Å². The van der Waals surface area contributed by atoms with Crippen LogP contribution in [0.1, 0.15) is 38.4 Å². The van der Waals surface area contributed by atoms with Crippen molar-refractivity contribution in [3.8, 4) is 17.5 Å². The second-order valence-electron chi connectivity index (χ2n) is 6.12. The molecular formula is C22H20N2O. The fraction of sp³-hybridized carbons (Fsp3) is 0.136. The van der Waals surface area contributed by atoms with Crippen molar-refractivity contribution in [2.24, 2.45) is 5.73 Å². The number of amides is 1. The number of primary amides is 1. The molecule has 1 heterocycles. The number of aromatic nitrogens is 1. The Balaban J connectivity index is 2.11. The van der Waals surface area contributed by atoms with Gasteiger partial charge in [-0.05, 0) is 62.7 Å². The van der Waals surface area contributed by atoms with E-state index in [4.69, 9.17) is 5.73 Å². The molecule has 0 aliphatic heterocycles. The predicted molar refractivity (Wildman–Crippen MR) is 101 cm³/mol. The Bertz CT molecular complexity index is 996. The SMILES string of the molecule is Cc1cccc(C#Cc2cccc(C(N)=O)c2)c1-n1c(C)ccc1C. The summed E-state index contributed by atoms with van der Waals surface area (Å²) in [6.07, 6.45) is 0. The van der Waals surface area contributed by atoms with Gasteiger partial charge < -0.3 is 10.3 Å². The molecule has 0 unspecified atom stereocenters. The van der Waals surface area contributed by atoms with Crippen LogP contribution in [0.15, 0.2) is 54.6 Å². The van der Waals surface area contributed by atoms with E-state index in [9.17, 15) is 4.79 Å². The van der Waals surface area contributed by atoms with Crippen LogP contribution in [0.3, 0.4) is 0 Å². The van der Waals surface area contributed by atoms with E-state index in [0.29, 0.717) is 5.56 Å². The number of rotatable bonds is 2. The standard InChI is InChI=1S/C22H20N2O/c1-15-6-4-8-19(21(15)24-16(2)10-11-17(24)3)13-12-18-7-5-9-20(14-18)22(23)25/h4-11,14H,1-3H3,(H2,23,25). The molecule has 3 nitrogen and oxygen atoms in total. The van der Waals surface area contributed by atoms with Crippen molar-refractivity contribution in [3.05, 3.63) is 88.2 Å². The summed E-state index contributed by atoms with van der Waals surface area (Å²) in [4.78, 5) is 11.3. The quantitative estimate of drug-likeness (QED) is 0.713. The molecule has 124 valence electrons. The zero-order valence-electron chi connectivity index (χ0n) is 14.6. The number of benzene rings is 2. The van der Waals surface area contributed by atoms with Gasteiger partial charge in [0.1, 0.15) is 0 Å². The van der Waals surface area contributed by atoms with Gasteiger partial charge in [-0.15, -0.1) is 0 Å². The van der Waals surface area contributed by atoms with E-state index in [2.05, 4.69) is 55.4 Å². The zero-order valence-corrected chi connectivity index (χ0v) is 14.6. The topological polar surface area (TPSA) is 48.0 Å². The Morgan fingerprint density at radius 2 is 1.60 bits per heavy atom. The molecule has 0 aliphatic rings. The summed E-state index contributed by atoms with van der Waals surface area (Å²) in [5.74, 6) is 5.96. The van der Waals surface area contributed by atoms with E-state index in [1.54, 1.807) is 18.2 Å². The highest BCUT2D eigenvalue weighted by atomic mass is 16.1. The molecule has 0 saturated heterocycles. The van der Waals surface area contributed by atoms with Gasteiger partial charge in [-0.1, -0.05) is 30.0 Å². The van der Waals surface area contributed by atoms with Crippen LogP contribution in [-0.4, -0.2) is 10.5 Å². The average molecular weight is 328 g/mol. The van der Waals surface area contributed by atoms with Crippen molar-refractivity contribution in [1.82, 2.24) is 4.57 Å². The van der Waals surface area contributed by atoms with E-state index in [1.807, 2.05) is 18.2 Å². The van der Waals surface area contributed by atoms with Crippen molar-refractivity contribution in [2.45, 2.75) is 20.8 Å². The van der Waals surface area contributed by atoms with Gasteiger partial charge in [0.2, 0.25) is 5.91 Å². The summed E-state index contributed by atoms with van der Waals surface area (Å²) in [6, 6.07) is 17.4. The first-order chi connectivity index (χ1) is 12.0. The van der Waals surface area contributed by atoms with E-state index >= 15 is 0 Å². The average Bonchev–Trinajstić information content (AvgIpc) is 2.92. The smallest absolute Gasteiger partial charge is 0.248 e. The third-order valence-electron chi connectivity index (χ3n) is 4.22. The van der Waals surface area contributed by atoms with E-state index < -0.39 is 5.91 Å². The monoisotopic (exact) mass is 328 g/mol. The molecule has 25 heavy (non-hydrogen) atoms. The Kier molecular flexibility index (Phi) is 4.45. The van der Waals surface area contributed by atoms with Crippen LogP contribution in [0.5, 0.6) is 0 Å². The molecule has 0 bridgehead atoms. The third kappa shape index (κ3) is 3.34. The first-order valence-corrected chi connectivity index (χ1v) is 8.14. The Morgan fingerprint density at radius 1 is 0.920 bits per heavy atom. The lowest BCUT2D eigenvalue weighted by Crippen LogP contribution is -2.10. The maximum Gasteiger partial charge on any atom is 0.248 e. The van der Waals surface area contributed by atoms with Crippen LogP contribution in [0.25, 0.3) is 5.69 Å². The molecule has 2 aromatic carbocycles. The number of hydrogen-bond donors (Lipinski definition) is 1. The minimum Gasteiger partial charge on any atom is -0.366 e. The fourth-order valence-electron chi connectivity index (χ4n) is 2.97. The number of nitrogens with two attached hydrogens (primary N) is 1. The van der Waals surface area contributed by atoms with Gasteiger partial charge >= 0.3 is 0 Å². The summed E-state index contributed by atoms with van der Waals surface area (Å²) in [5, 5.41) is 0. The van der Waals surface area contributed by atoms with Crippen LogP contribution in [0.4, 0.5) is 0 Å². The molecule has 1 amide bonds. The summed E-state index contributed by atoms with van der Waals surface area (Å²) < 4.78 is 2.22. The number of carbonyl (C=O) groups excluding carboxylic acids is 1. The second-order valence-corrected chi connectivity index (χ2v) is 6.12. The molecule has 3 rings (SSSR count). The van der Waals surface area contributed by atoms with Crippen molar-refractivity contribution in [3.63, 3.8) is 0 Å². The number of nitrogens with zero attached hydrogens (tertiary/aromatic N) is 1. The normalized spacial score (nSPS) is 10.2. The van der Waals surface area contributed by atoms with Gasteiger partial charge in [0, 0.05) is 28.1 Å². The van der Waals surface area contributed by atoms with Crippen molar-refractivity contribution < 1.29 is 4.79 Å². The number of hydrogen-bond acceptors (Lipinski definition) is 1. The second kappa shape index (κ2) is 6.70. The van der Waals surface area contributed by atoms with Crippen molar-refractivity contribution >= 4 is 5.91 Å². The molecule has 0 aliphatic carbocycles. The summed E-state index contributed by atoms with van der Waals surface area (Å²) in [5.41, 5.74) is 12.1. The maximum atomic E-state index is 11.3. The first-order valence-electron chi connectivity index (χ1n) is 8.14. The third-order valence-corrected chi connectivity index (χ3v) is 4.22. The Labute approximate surface area is 148 Å². The van der Waals surface area contributed by atoms with Gasteiger partial charge in [0.25, 0.3) is 0 Å². The van der Waals surface area contributed by atoms with Crippen LogP contribution in [-0.2, 0) is 0 Å². The van der Waals surface area contributed by atoms with Crippen LogP contribution in [0.2, 0.25) is 0 Å². The summed E-state index contributed by atoms with van der Waals surface area (Å²) in [7, 11) is 0. The lowest BCUT2D eigenvalue weighted by molar-refractivity contribution is 0.100. The molecule has 0 fully saturated rings. The molecule has 0 spiro atoms. The minimum atomic E-state index is -0.446. The molecule has 3 aromatic rings. The summed E-state index contributed by atoms with van der Waals surface area (Å²) >= 11 is 0. The molecule has 0 radical (unpaired) electrons. The highest BCUT2D eigenvalue weighted by molar-refractivity contribution is 5.93. The Morgan fingerprint density at radius 3 is 2.28 bits per heavy atom. The maximum absolute atomic E-state index is 11.3. The van der Waals surface area contributed by atoms with Gasteiger partial charge in [0.15, 0.2) is 0 Å². The summed E-state index contributed by atoms with van der Waals surface area (Å²) in [6.45, 7) is 6.27. The van der Waals surface area contributed by atoms with Crippen molar-refractivity contribution in [2.75, 3.05) is 0 Å². The van der Waals surface area contributed by atoms with E-state index in [1.165, 1.54) is 17.0 Å². The fourth-order valence-corrected chi connectivity index (χ4v) is 2.97. The van der Waals surface area contributed by atoms with Crippen LogP contribution in [0, 0.1) is 32.6 Å². The lowest BCUT2D eigenvalue weighted by Gasteiger charge is -2.14. The van der Waals surface area contributed by atoms with Gasteiger partial charge in [0.05, 0.1) is 5.69 Å². The molecular weight excluding hydrogens is 308 g/mol. The van der Waals surface area contributed by atoms with Gasteiger partial charge in [-0.25, -0.2) is 0 Å². The molecule has 0 saturated carbocycles. The predicted octanol–water partition coefficient (Wildman–Crippen LogP) is 3.90. The molecule has 1 aromatic heterocycles. The van der Waals surface area contributed by atoms with E-state index in [0.717, 1.165) is 16.8 Å². The Hall–Kier alpha value is -3.25. The zero-order chi connectivity index (χ0) is 18.0. The lowest BCUT2D eigenvalue weighted by atomic mass is 10.1. The largest absolute Gasteiger partial charge is 0.366 e. The molecule has 3 heteroatoms. The number of aryl methyl sites for hydroxylation is 3. The highest BCUT2D eigenvalue weighted by Crippen LogP contribution is 2.23. The van der Waals surface area contributed by atoms with E-state index in [-0.39, 0.29) is 0 Å². The number of para-hydroxylation sites is 1. The minimum absolute atomic E-state index is 0.446.